The van der Waals surface area contributed by atoms with Gasteiger partial charge in [-0.05, 0) is 31.5 Å². The Kier molecular flexibility index (Phi) is 9.87. The Morgan fingerprint density at radius 3 is 2.43 bits per heavy atom. The highest BCUT2D eigenvalue weighted by Crippen LogP contribution is 2.22. The average molecular weight is 326 g/mol. The normalized spacial score (nSPS) is 10.3. The minimum absolute atomic E-state index is 0.669. The van der Waals surface area contributed by atoms with Crippen LogP contribution in [-0.2, 0) is 5.75 Å². The van der Waals surface area contributed by atoms with Crippen molar-refractivity contribution in [3.05, 3.63) is 66.4 Å². The summed E-state index contributed by atoms with van der Waals surface area (Å²) in [6.45, 7) is 4.00. The molecule has 1 aromatic heterocycles. The lowest BCUT2D eigenvalue weighted by Gasteiger charge is -2.03. The fourth-order valence-electron chi connectivity index (χ4n) is 1.41. The molecule has 0 saturated carbocycles. The predicted molar refractivity (Wildman–Crippen MR) is 102 cm³/mol. The molecule has 1 heterocycles. The van der Waals surface area contributed by atoms with Gasteiger partial charge in [0.1, 0.15) is 5.82 Å². The highest BCUT2D eigenvalue weighted by molar-refractivity contribution is 7.98. The fourth-order valence-corrected chi connectivity index (χ4v) is 2.23. The zero-order chi connectivity index (χ0) is 16.8. The molecular formula is C18H22N4S. The molecule has 1 aromatic carbocycles. The number of allylic oxidation sites excluding steroid dienone is 2. The molecule has 0 unspecified atom stereocenters. The number of benzene rings is 1. The summed E-state index contributed by atoms with van der Waals surface area (Å²) in [4.78, 5) is 5.36. The maximum atomic E-state index is 6.80. The number of thioether (sulfide) groups is 1. The van der Waals surface area contributed by atoms with Gasteiger partial charge in [0.25, 0.3) is 0 Å². The van der Waals surface area contributed by atoms with Crippen molar-refractivity contribution in [3.63, 3.8) is 0 Å². The van der Waals surface area contributed by atoms with Crippen LogP contribution in [0.1, 0.15) is 19.4 Å². The molecule has 23 heavy (non-hydrogen) atoms. The molecule has 0 aliphatic rings. The number of nitrogens with one attached hydrogen (secondary N) is 2. The van der Waals surface area contributed by atoms with E-state index in [1.165, 1.54) is 11.8 Å². The van der Waals surface area contributed by atoms with Crippen molar-refractivity contribution in [1.82, 2.24) is 4.98 Å². The van der Waals surface area contributed by atoms with Crippen LogP contribution in [0, 0.1) is 5.41 Å². The average Bonchev–Trinajstić information content (AvgIpc) is 2.62. The van der Waals surface area contributed by atoms with Crippen molar-refractivity contribution < 1.29 is 0 Å². The van der Waals surface area contributed by atoms with Crippen LogP contribution in [-0.4, -0.2) is 17.4 Å². The Hall–Kier alpha value is -2.40. The Morgan fingerprint density at radius 2 is 1.87 bits per heavy atom. The van der Waals surface area contributed by atoms with Crippen molar-refractivity contribution in [2.75, 3.05) is 5.43 Å². The molecule has 0 spiro atoms. The first-order valence-electron chi connectivity index (χ1n) is 7.28. The lowest BCUT2D eigenvalue weighted by Crippen LogP contribution is -1.92. The van der Waals surface area contributed by atoms with Crippen LogP contribution in [0.2, 0.25) is 0 Å². The molecule has 5 heteroatoms. The summed E-state index contributed by atoms with van der Waals surface area (Å²) in [6.07, 6.45) is 8.28. The summed E-state index contributed by atoms with van der Waals surface area (Å²) in [6, 6.07) is 14.2. The molecule has 0 fully saturated rings. The number of anilines is 1. The first kappa shape index (κ1) is 18.6. The van der Waals surface area contributed by atoms with Crippen molar-refractivity contribution in [1.29, 1.82) is 5.41 Å². The third-order valence-electron chi connectivity index (χ3n) is 2.65. The first-order valence-corrected chi connectivity index (χ1v) is 8.27. The minimum atomic E-state index is 0.669. The van der Waals surface area contributed by atoms with Crippen LogP contribution in [0.3, 0.4) is 0 Å². The monoisotopic (exact) mass is 326 g/mol. The van der Waals surface area contributed by atoms with E-state index in [2.05, 4.69) is 27.6 Å². The number of hydrogen-bond donors (Lipinski definition) is 2. The van der Waals surface area contributed by atoms with Crippen molar-refractivity contribution in [3.8, 4) is 0 Å². The van der Waals surface area contributed by atoms with E-state index >= 15 is 0 Å². The van der Waals surface area contributed by atoms with Gasteiger partial charge in [-0.2, -0.15) is 5.10 Å². The van der Waals surface area contributed by atoms with E-state index in [9.17, 15) is 0 Å². The number of aromatic nitrogens is 1. The smallest absolute Gasteiger partial charge is 0.146 e. The predicted octanol–water partition coefficient (Wildman–Crippen LogP) is 5.00. The Balaban J connectivity index is 0.000000593. The van der Waals surface area contributed by atoms with Gasteiger partial charge < -0.3 is 5.41 Å². The summed E-state index contributed by atoms with van der Waals surface area (Å²) in [7, 11) is 0. The van der Waals surface area contributed by atoms with E-state index in [0.29, 0.717) is 5.82 Å². The summed E-state index contributed by atoms with van der Waals surface area (Å²) < 4.78 is 0. The number of nitrogens with zero attached hydrogens (tertiary/aromatic N) is 2. The molecule has 0 atom stereocenters. The molecule has 0 aliphatic heterocycles. The van der Waals surface area contributed by atoms with E-state index in [0.717, 1.165) is 16.9 Å². The third kappa shape index (κ3) is 8.58. The molecule has 4 nitrogen and oxygen atoms in total. The van der Waals surface area contributed by atoms with Gasteiger partial charge in [-0.1, -0.05) is 42.5 Å². The summed E-state index contributed by atoms with van der Waals surface area (Å²) in [5.41, 5.74) is 4.04. The number of pyridine rings is 1. The van der Waals surface area contributed by atoms with E-state index in [4.69, 9.17) is 5.41 Å². The van der Waals surface area contributed by atoms with E-state index in [-0.39, 0.29) is 0 Å². The molecule has 0 bridgehead atoms. The molecule has 0 aliphatic carbocycles. The lowest BCUT2D eigenvalue weighted by atomic mass is 10.2. The van der Waals surface area contributed by atoms with Gasteiger partial charge in [-0.15, -0.1) is 11.8 Å². The van der Waals surface area contributed by atoms with Gasteiger partial charge in [0.05, 0.1) is 6.21 Å². The maximum Gasteiger partial charge on any atom is 0.146 e. The molecule has 0 radical (unpaired) electrons. The van der Waals surface area contributed by atoms with Crippen LogP contribution in [0.15, 0.2) is 70.8 Å². The van der Waals surface area contributed by atoms with Gasteiger partial charge in [-0.3, -0.25) is 5.43 Å². The summed E-state index contributed by atoms with van der Waals surface area (Å²) in [5.74, 6) is 1.60. The van der Waals surface area contributed by atoms with Crippen molar-refractivity contribution in [2.45, 2.75) is 24.5 Å². The Labute approximate surface area is 142 Å². The number of rotatable bonds is 6. The zero-order valence-corrected chi connectivity index (χ0v) is 14.3. The van der Waals surface area contributed by atoms with Gasteiger partial charge in [-0.25, -0.2) is 4.98 Å². The van der Waals surface area contributed by atoms with Crippen molar-refractivity contribution >= 4 is 30.0 Å². The first-order chi connectivity index (χ1) is 11.3. The molecule has 2 rings (SSSR count). The Bertz CT molecular complexity index is 603. The molecule has 2 aromatic rings. The highest BCUT2D eigenvalue weighted by Gasteiger charge is 1.97. The molecule has 2 N–H and O–H groups in total. The summed E-state index contributed by atoms with van der Waals surface area (Å²) >= 11 is 1.75. The summed E-state index contributed by atoms with van der Waals surface area (Å²) in [5, 5.41) is 10.6. The van der Waals surface area contributed by atoms with Crippen LogP contribution in [0.5, 0.6) is 0 Å². The SMILES string of the molecule is C/C=C\C.N=C/C=N\Nc1ccc(SCc2ccccc2)cn1. The number of hydrogen-bond acceptors (Lipinski definition) is 5. The van der Waals surface area contributed by atoms with E-state index in [1.807, 2.05) is 62.5 Å². The molecular weight excluding hydrogens is 304 g/mol. The minimum Gasteiger partial charge on any atom is -0.307 e. The third-order valence-corrected chi connectivity index (χ3v) is 3.70. The second kappa shape index (κ2) is 12.2. The molecule has 0 saturated heterocycles. The zero-order valence-electron chi connectivity index (χ0n) is 13.4. The topological polar surface area (TPSA) is 61.1 Å². The largest absolute Gasteiger partial charge is 0.307 e. The lowest BCUT2D eigenvalue weighted by molar-refractivity contribution is 1.18. The molecule has 0 amide bonds. The van der Waals surface area contributed by atoms with Gasteiger partial charge >= 0.3 is 0 Å². The molecule has 120 valence electrons. The van der Waals surface area contributed by atoms with Crippen LogP contribution >= 0.6 is 11.8 Å². The van der Waals surface area contributed by atoms with Crippen LogP contribution in [0.4, 0.5) is 5.82 Å². The van der Waals surface area contributed by atoms with Crippen LogP contribution in [0.25, 0.3) is 0 Å². The fraction of sp³-hybridized carbons (Fsp3) is 0.167. The van der Waals surface area contributed by atoms with Gasteiger partial charge in [0.2, 0.25) is 0 Å². The maximum absolute atomic E-state index is 6.80. The second-order valence-electron chi connectivity index (χ2n) is 4.38. The van der Waals surface area contributed by atoms with Crippen molar-refractivity contribution in [2.24, 2.45) is 5.10 Å². The van der Waals surface area contributed by atoms with E-state index < -0.39 is 0 Å². The van der Waals surface area contributed by atoms with E-state index in [1.54, 1.807) is 11.8 Å². The quantitative estimate of drug-likeness (QED) is 0.340. The standard InChI is InChI=1S/C14H14N4S.C4H8/c15-8-9-17-18-14-7-6-13(10-16-14)19-11-12-4-2-1-3-5-12;1-3-4-2/h1-10,15H,11H2,(H,16,18);3-4H,1-2H3/b15-8?,17-9-;4-3-. The number of hydrazone groups is 1. The second-order valence-corrected chi connectivity index (χ2v) is 5.43. The Morgan fingerprint density at radius 1 is 1.13 bits per heavy atom. The van der Waals surface area contributed by atoms with Gasteiger partial charge in [0.15, 0.2) is 0 Å². The van der Waals surface area contributed by atoms with Gasteiger partial charge in [0, 0.05) is 23.1 Å². The highest BCUT2D eigenvalue weighted by atomic mass is 32.2. The van der Waals surface area contributed by atoms with Crippen LogP contribution < -0.4 is 5.43 Å².